The van der Waals surface area contributed by atoms with E-state index < -0.39 is 0 Å². The van der Waals surface area contributed by atoms with Gasteiger partial charge in [-0.15, -0.1) is 11.3 Å². The molecule has 76 valence electrons. The summed E-state index contributed by atoms with van der Waals surface area (Å²) in [5.41, 5.74) is 0.850. The van der Waals surface area contributed by atoms with Gasteiger partial charge in [0.1, 0.15) is 17.7 Å². The second-order valence-electron chi connectivity index (χ2n) is 3.30. The molecule has 0 N–H and O–H groups in total. The third kappa shape index (κ3) is 1.43. The third-order valence-corrected chi connectivity index (χ3v) is 3.51. The second-order valence-corrected chi connectivity index (χ2v) is 4.50. The van der Waals surface area contributed by atoms with Gasteiger partial charge in [0.15, 0.2) is 0 Å². The van der Waals surface area contributed by atoms with E-state index in [9.17, 15) is 4.79 Å². The predicted octanol–water partition coefficient (Wildman–Crippen LogP) is 1.60. The van der Waals surface area contributed by atoms with Crippen molar-refractivity contribution in [2.75, 3.05) is 0 Å². The molecule has 0 unspecified atom stereocenters. The maximum Gasteiger partial charge on any atom is 0.263 e. The molecule has 5 heteroatoms. The van der Waals surface area contributed by atoms with Gasteiger partial charge in [0.05, 0.1) is 11.5 Å². The number of aryl methyl sites for hydroxylation is 2. The van der Waals surface area contributed by atoms with Crippen LogP contribution in [0.1, 0.15) is 10.4 Å². The van der Waals surface area contributed by atoms with Gasteiger partial charge in [0.2, 0.25) is 0 Å². The Kier molecular flexibility index (Phi) is 2.29. The van der Waals surface area contributed by atoms with Crippen molar-refractivity contribution in [3.8, 4) is 6.07 Å². The molecule has 0 aliphatic carbocycles. The number of nitriles is 1. The van der Waals surface area contributed by atoms with Crippen LogP contribution in [-0.2, 0) is 6.54 Å². The van der Waals surface area contributed by atoms with Crippen molar-refractivity contribution in [1.29, 1.82) is 5.26 Å². The molecule has 0 spiro atoms. The lowest BCUT2D eigenvalue weighted by Gasteiger charge is -1.98. The monoisotopic (exact) mass is 219 g/mol. The van der Waals surface area contributed by atoms with Crippen molar-refractivity contribution in [2.45, 2.75) is 20.4 Å². The highest BCUT2D eigenvalue weighted by atomic mass is 32.1. The van der Waals surface area contributed by atoms with E-state index in [4.69, 9.17) is 5.26 Å². The Balaban J connectivity index is 2.84. The molecule has 0 saturated carbocycles. The van der Waals surface area contributed by atoms with Gasteiger partial charge in [0, 0.05) is 4.88 Å². The molecule has 2 rings (SSSR count). The van der Waals surface area contributed by atoms with Crippen molar-refractivity contribution in [3.63, 3.8) is 0 Å². The lowest BCUT2D eigenvalue weighted by Crippen LogP contribution is -2.19. The van der Waals surface area contributed by atoms with Crippen LogP contribution in [0.5, 0.6) is 0 Å². The standard InChI is InChI=1S/C10H9N3OS/c1-6-7(2)15-9-8(6)10(14)13(4-3-11)5-12-9/h5H,4H2,1-2H3. The summed E-state index contributed by atoms with van der Waals surface area (Å²) in [5, 5.41) is 9.20. The Labute approximate surface area is 90.4 Å². The van der Waals surface area contributed by atoms with Crippen LogP contribution in [-0.4, -0.2) is 9.55 Å². The van der Waals surface area contributed by atoms with E-state index in [2.05, 4.69) is 4.98 Å². The molecular weight excluding hydrogens is 210 g/mol. The van der Waals surface area contributed by atoms with Gasteiger partial charge in [-0.25, -0.2) is 4.98 Å². The zero-order valence-electron chi connectivity index (χ0n) is 8.44. The van der Waals surface area contributed by atoms with Gasteiger partial charge in [-0.1, -0.05) is 0 Å². The summed E-state index contributed by atoms with van der Waals surface area (Å²) in [6, 6.07) is 1.94. The highest BCUT2D eigenvalue weighted by Gasteiger charge is 2.11. The summed E-state index contributed by atoms with van der Waals surface area (Å²) >= 11 is 1.51. The van der Waals surface area contributed by atoms with Gasteiger partial charge in [-0.05, 0) is 19.4 Å². The fourth-order valence-corrected chi connectivity index (χ4v) is 2.45. The van der Waals surface area contributed by atoms with Crippen LogP contribution >= 0.6 is 11.3 Å². The summed E-state index contributed by atoms with van der Waals surface area (Å²) in [6.07, 6.45) is 1.43. The fourth-order valence-electron chi connectivity index (χ4n) is 1.46. The fraction of sp³-hybridized carbons (Fsp3) is 0.300. The van der Waals surface area contributed by atoms with Gasteiger partial charge in [0.25, 0.3) is 5.56 Å². The van der Waals surface area contributed by atoms with Crippen LogP contribution in [0.3, 0.4) is 0 Å². The molecule has 4 nitrogen and oxygen atoms in total. The predicted molar refractivity (Wildman–Crippen MR) is 59.0 cm³/mol. The second kappa shape index (κ2) is 3.48. The minimum atomic E-state index is -0.122. The Morgan fingerprint density at radius 1 is 1.60 bits per heavy atom. The van der Waals surface area contributed by atoms with Crippen molar-refractivity contribution in [3.05, 3.63) is 27.1 Å². The first-order valence-corrected chi connectivity index (χ1v) is 5.29. The Hall–Kier alpha value is -1.67. The van der Waals surface area contributed by atoms with Gasteiger partial charge in [-0.2, -0.15) is 5.26 Å². The number of thiophene rings is 1. The number of nitrogens with zero attached hydrogens (tertiary/aromatic N) is 3. The van der Waals surface area contributed by atoms with Crippen LogP contribution in [0.25, 0.3) is 10.2 Å². The molecule has 0 atom stereocenters. The van der Waals surface area contributed by atoms with Gasteiger partial charge >= 0.3 is 0 Å². The molecule has 2 aromatic rings. The molecule has 0 aliphatic heterocycles. The molecule has 0 saturated heterocycles. The van der Waals surface area contributed by atoms with Crippen molar-refractivity contribution >= 4 is 21.6 Å². The zero-order chi connectivity index (χ0) is 11.0. The molecule has 2 aromatic heterocycles. The lowest BCUT2D eigenvalue weighted by atomic mass is 10.2. The summed E-state index contributed by atoms with van der Waals surface area (Å²) in [6.45, 7) is 3.93. The molecule has 0 aliphatic rings. The van der Waals surface area contributed by atoms with E-state index in [1.807, 2.05) is 19.9 Å². The first kappa shape index (κ1) is 9.87. The molecule has 0 amide bonds. The number of rotatable bonds is 1. The van der Waals surface area contributed by atoms with E-state index in [1.165, 1.54) is 22.2 Å². The Morgan fingerprint density at radius 2 is 2.33 bits per heavy atom. The quantitative estimate of drug-likeness (QED) is 0.732. The largest absolute Gasteiger partial charge is 0.285 e. The van der Waals surface area contributed by atoms with Crippen LogP contribution in [0.15, 0.2) is 11.1 Å². The first-order valence-electron chi connectivity index (χ1n) is 4.47. The number of aromatic nitrogens is 2. The normalized spacial score (nSPS) is 10.5. The maximum atomic E-state index is 11.9. The van der Waals surface area contributed by atoms with E-state index in [1.54, 1.807) is 0 Å². The Bertz CT molecular complexity index is 618. The number of hydrogen-bond donors (Lipinski definition) is 0. The summed E-state index contributed by atoms with van der Waals surface area (Å²) in [4.78, 5) is 18.0. The number of fused-ring (bicyclic) bond motifs is 1. The lowest BCUT2D eigenvalue weighted by molar-refractivity contribution is 0.776. The minimum Gasteiger partial charge on any atom is -0.285 e. The van der Waals surface area contributed by atoms with Crippen LogP contribution in [0.4, 0.5) is 0 Å². The first-order chi connectivity index (χ1) is 7.15. The molecule has 0 fully saturated rings. The van der Waals surface area contributed by atoms with E-state index in [-0.39, 0.29) is 12.1 Å². The van der Waals surface area contributed by atoms with Crippen molar-refractivity contribution in [2.24, 2.45) is 0 Å². The molecule has 0 bridgehead atoms. The topological polar surface area (TPSA) is 58.7 Å². The third-order valence-electron chi connectivity index (χ3n) is 2.40. The summed E-state index contributed by atoms with van der Waals surface area (Å²) in [5.74, 6) is 0. The average Bonchev–Trinajstić information content (AvgIpc) is 2.49. The maximum absolute atomic E-state index is 11.9. The van der Waals surface area contributed by atoms with Crippen molar-refractivity contribution < 1.29 is 0 Å². The smallest absolute Gasteiger partial charge is 0.263 e. The van der Waals surface area contributed by atoms with Crippen LogP contribution in [0, 0.1) is 25.2 Å². The van der Waals surface area contributed by atoms with Gasteiger partial charge < -0.3 is 0 Å². The molecule has 2 heterocycles. The molecule has 15 heavy (non-hydrogen) atoms. The highest BCUT2D eigenvalue weighted by Crippen LogP contribution is 2.25. The SMILES string of the molecule is Cc1sc2ncn(CC#N)c(=O)c2c1C. The van der Waals surface area contributed by atoms with Crippen LogP contribution in [0.2, 0.25) is 0 Å². The highest BCUT2D eigenvalue weighted by molar-refractivity contribution is 7.18. The van der Waals surface area contributed by atoms with Crippen molar-refractivity contribution in [1.82, 2.24) is 9.55 Å². The van der Waals surface area contributed by atoms with E-state index in [0.29, 0.717) is 5.39 Å². The van der Waals surface area contributed by atoms with E-state index >= 15 is 0 Å². The molecule has 0 radical (unpaired) electrons. The summed E-state index contributed by atoms with van der Waals surface area (Å²) in [7, 11) is 0. The van der Waals surface area contributed by atoms with Gasteiger partial charge in [-0.3, -0.25) is 9.36 Å². The van der Waals surface area contributed by atoms with E-state index in [0.717, 1.165) is 15.3 Å². The number of hydrogen-bond acceptors (Lipinski definition) is 4. The van der Waals surface area contributed by atoms with Crippen LogP contribution < -0.4 is 5.56 Å². The summed E-state index contributed by atoms with van der Waals surface area (Å²) < 4.78 is 1.33. The average molecular weight is 219 g/mol. The molecule has 0 aromatic carbocycles. The molecular formula is C10H9N3OS. The minimum absolute atomic E-state index is 0.0517. The zero-order valence-corrected chi connectivity index (χ0v) is 9.26. The Morgan fingerprint density at radius 3 is 3.00 bits per heavy atom.